The Morgan fingerprint density at radius 2 is 1.66 bits per heavy atom. The molecule has 1 atom stereocenters. The molecule has 0 aliphatic rings. The molecule has 11 heteroatoms. The highest BCUT2D eigenvalue weighted by molar-refractivity contribution is 8.13. The minimum Gasteiger partial charge on any atom is -0.354 e. The van der Waals surface area contributed by atoms with Crippen LogP contribution in [0.15, 0.2) is 54.6 Å². The standard InChI is InChI=1S/C27H37N5O5S/c1-21(33)38-19-18-31(17-14-22-8-5-4-6-9-22)27(35)29-25(26(34)28-15-7-16-30(2)3)20-23-10-12-24(13-11-23)32(36)37/h4-6,8-13,25H,7,14-20H2,1-3H3,(H,28,34)(H,29,35)/t25-/m0/s1. The third-order valence-corrected chi connectivity index (χ3v) is 6.54. The number of urea groups is 1. The van der Waals surface area contributed by atoms with Crippen molar-refractivity contribution in [3.63, 3.8) is 0 Å². The summed E-state index contributed by atoms with van der Waals surface area (Å²) in [5, 5.41) is 16.7. The van der Waals surface area contributed by atoms with Crippen LogP contribution in [0.2, 0.25) is 0 Å². The van der Waals surface area contributed by atoms with Crippen molar-refractivity contribution < 1.29 is 19.3 Å². The molecule has 2 aromatic carbocycles. The molecule has 2 rings (SSSR count). The van der Waals surface area contributed by atoms with E-state index < -0.39 is 17.0 Å². The highest BCUT2D eigenvalue weighted by atomic mass is 32.2. The maximum absolute atomic E-state index is 13.4. The first-order valence-electron chi connectivity index (χ1n) is 12.5. The second kappa shape index (κ2) is 16.4. The molecule has 0 aliphatic heterocycles. The van der Waals surface area contributed by atoms with Crippen LogP contribution in [0.3, 0.4) is 0 Å². The van der Waals surface area contributed by atoms with E-state index in [0.29, 0.717) is 37.4 Å². The average Bonchev–Trinajstić information content (AvgIpc) is 2.88. The molecule has 2 aromatic rings. The normalized spacial score (nSPS) is 11.6. The van der Waals surface area contributed by atoms with Crippen molar-refractivity contribution >= 4 is 34.5 Å². The van der Waals surface area contributed by atoms with Crippen LogP contribution in [0.4, 0.5) is 10.5 Å². The highest BCUT2D eigenvalue weighted by Crippen LogP contribution is 2.14. The predicted octanol–water partition coefficient (Wildman–Crippen LogP) is 3.11. The number of nitro groups is 1. The minimum absolute atomic E-state index is 0.0263. The average molecular weight is 544 g/mol. The van der Waals surface area contributed by atoms with E-state index >= 15 is 0 Å². The Labute approximate surface area is 228 Å². The van der Waals surface area contributed by atoms with Crippen LogP contribution < -0.4 is 10.6 Å². The van der Waals surface area contributed by atoms with Gasteiger partial charge in [0, 0.05) is 50.9 Å². The van der Waals surface area contributed by atoms with E-state index in [-0.39, 0.29) is 23.1 Å². The summed E-state index contributed by atoms with van der Waals surface area (Å²) in [4.78, 5) is 52.0. The maximum atomic E-state index is 13.4. The summed E-state index contributed by atoms with van der Waals surface area (Å²) in [5.41, 5.74) is 1.72. The van der Waals surface area contributed by atoms with E-state index in [1.54, 1.807) is 17.0 Å². The molecule has 38 heavy (non-hydrogen) atoms. The zero-order chi connectivity index (χ0) is 27.9. The highest BCUT2D eigenvalue weighted by Gasteiger charge is 2.24. The molecule has 2 N–H and O–H groups in total. The molecule has 0 radical (unpaired) electrons. The van der Waals surface area contributed by atoms with Gasteiger partial charge >= 0.3 is 6.03 Å². The molecule has 0 spiro atoms. The summed E-state index contributed by atoms with van der Waals surface area (Å²) in [7, 11) is 3.90. The smallest absolute Gasteiger partial charge is 0.318 e. The number of hydrogen-bond acceptors (Lipinski definition) is 7. The van der Waals surface area contributed by atoms with Gasteiger partial charge in [-0.2, -0.15) is 0 Å². The number of benzene rings is 2. The van der Waals surface area contributed by atoms with Crippen LogP contribution in [0, 0.1) is 10.1 Å². The number of thioether (sulfide) groups is 1. The van der Waals surface area contributed by atoms with Crippen LogP contribution in [0.25, 0.3) is 0 Å². The van der Waals surface area contributed by atoms with Gasteiger partial charge in [-0.3, -0.25) is 19.7 Å². The van der Waals surface area contributed by atoms with Crippen molar-refractivity contribution in [2.24, 2.45) is 0 Å². The Hall–Kier alpha value is -3.44. The van der Waals surface area contributed by atoms with Gasteiger partial charge in [-0.25, -0.2) is 4.79 Å². The topological polar surface area (TPSA) is 125 Å². The third-order valence-electron chi connectivity index (χ3n) is 5.75. The maximum Gasteiger partial charge on any atom is 0.318 e. The van der Waals surface area contributed by atoms with Gasteiger partial charge in [0.05, 0.1) is 4.92 Å². The summed E-state index contributed by atoms with van der Waals surface area (Å²) in [5.74, 6) is 0.123. The minimum atomic E-state index is -0.872. The number of carbonyl (C=O) groups is 3. The predicted molar refractivity (Wildman–Crippen MR) is 150 cm³/mol. The van der Waals surface area contributed by atoms with Crippen LogP contribution in [0.5, 0.6) is 0 Å². The molecule has 0 heterocycles. The Kier molecular flexibility index (Phi) is 13.3. The molecule has 206 valence electrons. The summed E-state index contributed by atoms with van der Waals surface area (Å²) in [6.45, 7) is 3.51. The number of nitrogens with zero attached hydrogens (tertiary/aromatic N) is 3. The molecule has 10 nitrogen and oxygen atoms in total. The summed E-state index contributed by atoms with van der Waals surface area (Å²) >= 11 is 1.15. The van der Waals surface area contributed by atoms with E-state index in [0.717, 1.165) is 30.3 Å². The van der Waals surface area contributed by atoms with Crippen molar-refractivity contribution in [3.05, 3.63) is 75.8 Å². The van der Waals surface area contributed by atoms with Gasteiger partial charge in [0.15, 0.2) is 5.12 Å². The van der Waals surface area contributed by atoms with Gasteiger partial charge in [0.2, 0.25) is 5.91 Å². The third kappa shape index (κ3) is 11.7. The van der Waals surface area contributed by atoms with E-state index in [1.165, 1.54) is 19.1 Å². The van der Waals surface area contributed by atoms with Crippen LogP contribution in [-0.2, 0) is 22.4 Å². The van der Waals surface area contributed by atoms with Crippen molar-refractivity contribution in [2.75, 3.05) is 46.0 Å². The molecular weight excluding hydrogens is 506 g/mol. The molecule has 0 saturated heterocycles. The zero-order valence-electron chi connectivity index (χ0n) is 22.2. The van der Waals surface area contributed by atoms with Crippen LogP contribution in [0.1, 0.15) is 24.5 Å². The van der Waals surface area contributed by atoms with Crippen molar-refractivity contribution in [1.29, 1.82) is 0 Å². The number of non-ortho nitro benzene ring substituents is 1. The first kappa shape index (κ1) is 30.8. The first-order chi connectivity index (χ1) is 18.2. The molecule has 0 saturated carbocycles. The fourth-order valence-electron chi connectivity index (χ4n) is 3.69. The molecule has 0 bridgehead atoms. The van der Waals surface area contributed by atoms with Crippen LogP contribution in [-0.4, -0.2) is 83.8 Å². The zero-order valence-corrected chi connectivity index (χ0v) is 23.0. The molecule has 0 unspecified atom stereocenters. The number of nitro benzene ring substituents is 1. The lowest BCUT2D eigenvalue weighted by molar-refractivity contribution is -0.384. The molecule has 0 aromatic heterocycles. The van der Waals surface area contributed by atoms with E-state index in [2.05, 4.69) is 10.6 Å². The Balaban J connectivity index is 2.14. The summed E-state index contributed by atoms with van der Waals surface area (Å²) in [6.07, 6.45) is 1.56. The van der Waals surface area contributed by atoms with Crippen LogP contribution >= 0.6 is 11.8 Å². The molecular formula is C27H37N5O5S. The van der Waals surface area contributed by atoms with E-state index in [1.807, 2.05) is 49.3 Å². The van der Waals surface area contributed by atoms with E-state index in [9.17, 15) is 24.5 Å². The van der Waals surface area contributed by atoms with Crippen molar-refractivity contribution in [1.82, 2.24) is 20.4 Å². The van der Waals surface area contributed by atoms with E-state index in [4.69, 9.17) is 0 Å². The largest absolute Gasteiger partial charge is 0.354 e. The van der Waals surface area contributed by atoms with Crippen molar-refractivity contribution in [2.45, 2.75) is 32.2 Å². The van der Waals surface area contributed by atoms with Gasteiger partial charge < -0.3 is 20.4 Å². The number of carbonyl (C=O) groups excluding carboxylic acids is 3. The second-order valence-corrected chi connectivity index (χ2v) is 10.4. The summed E-state index contributed by atoms with van der Waals surface area (Å²) in [6, 6.07) is 14.4. The lowest BCUT2D eigenvalue weighted by atomic mass is 10.0. The van der Waals surface area contributed by atoms with Gasteiger partial charge in [-0.05, 0) is 44.6 Å². The van der Waals surface area contributed by atoms with Crippen molar-refractivity contribution in [3.8, 4) is 0 Å². The number of nitrogens with one attached hydrogen (secondary N) is 2. The SMILES string of the molecule is CC(=O)SCCN(CCc1ccccc1)C(=O)N[C@@H](Cc1ccc([N+](=O)[O-])cc1)C(=O)NCCCN(C)C. The first-order valence-corrected chi connectivity index (χ1v) is 13.5. The Morgan fingerprint density at radius 3 is 2.26 bits per heavy atom. The lowest BCUT2D eigenvalue weighted by Gasteiger charge is -2.26. The number of rotatable bonds is 15. The monoisotopic (exact) mass is 543 g/mol. The molecule has 3 amide bonds. The fourth-order valence-corrected chi connectivity index (χ4v) is 4.29. The quantitative estimate of drug-likeness (QED) is 0.201. The number of hydrogen-bond donors (Lipinski definition) is 2. The van der Waals surface area contributed by atoms with Gasteiger partial charge in [-0.1, -0.05) is 54.2 Å². The van der Waals surface area contributed by atoms with Gasteiger partial charge in [-0.15, -0.1) is 0 Å². The molecule has 0 aliphatic carbocycles. The Morgan fingerprint density at radius 1 is 0.974 bits per heavy atom. The fraction of sp³-hybridized carbons (Fsp3) is 0.444. The Bertz CT molecular complexity index is 1050. The van der Waals surface area contributed by atoms with Gasteiger partial charge in [0.25, 0.3) is 5.69 Å². The number of amides is 3. The lowest BCUT2D eigenvalue weighted by Crippen LogP contribution is -2.53. The molecule has 0 fully saturated rings. The second-order valence-electron chi connectivity index (χ2n) is 9.14. The van der Waals surface area contributed by atoms with Gasteiger partial charge in [0.1, 0.15) is 6.04 Å². The summed E-state index contributed by atoms with van der Waals surface area (Å²) < 4.78 is 0.